The molecule has 0 saturated carbocycles. The molecule has 0 spiro atoms. The van der Waals surface area contributed by atoms with Gasteiger partial charge in [0.2, 0.25) is 0 Å². The van der Waals surface area contributed by atoms with E-state index in [9.17, 15) is 19.2 Å². The predicted octanol–water partition coefficient (Wildman–Crippen LogP) is 1.74. The monoisotopic (exact) mass is 423 g/mol. The van der Waals surface area contributed by atoms with Gasteiger partial charge in [0, 0.05) is 6.54 Å². The van der Waals surface area contributed by atoms with Gasteiger partial charge in [0.05, 0.1) is 0 Å². The first-order chi connectivity index (χ1) is 14.8. The van der Waals surface area contributed by atoms with Gasteiger partial charge >= 0.3 is 12.0 Å². The molecule has 0 aromatic heterocycles. The SMILES string of the molecule is C[C@@H](OC(=O)CN1C(=O)N[C@@](C)(c2ccccc2)C1=O)C(=O)NCCc1ccccc1. The lowest BCUT2D eigenvalue weighted by Crippen LogP contribution is -2.43. The third-order valence-electron chi connectivity index (χ3n) is 5.15. The second kappa shape index (κ2) is 9.42. The molecule has 1 heterocycles. The molecule has 8 nitrogen and oxygen atoms in total. The highest BCUT2D eigenvalue weighted by atomic mass is 16.5. The third-order valence-corrected chi connectivity index (χ3v) is 5.15. The molecule has 0 unspecified atom stereocenters. The summed E-state index contributed by atoms with van der Waals surface area (Å²) >= 11 is 0. The molecule has 4 amide bonds. The Morgan fingerprint density at radius 3 is 2.32 bits per heavy atom. The van der Waals surface area contributed by atoms with E-state index < -0.39 is 42.0 Å². The van der Waals surface area contributed by atoms with Crippen molar-refractivity contribution >= 4 is 23.8 Å². The van der Waals surface area contributed by atoms with Gasteiger partial charge in [0.25, 0.3) is 11.8 Å². The molecule has 2 atom stereocenters. The molecule has 31 heavy (non-hydrogen) atoms. The molecule has 2 aromatic rings. The molecule has 1 saturated heterocycles. The van der Waals surface area contributed by atoms with Crippen LogP contribution in [0.25, 0.3) is 0 Å². The van der Waals surface area contributed by atoms with E-state index in [-0.39, 0.29) is 0 Å². The van der Waals surface area contributed by atoms with Crippen molar-refractivity contribution in [3.8, 4) is 0 Å². The highest BCUT2D eigenvalue weighted by Crippen LogP contribution is 2.28. The first kappa shape index (κ1) is 22.0. The highest BCUT2D eigenvalue weighted by Gasteiger charge is 2.49. The van der Waals surface area contributed by atoms with Gasteiger partial charge in [-0.15, -0.1) is 0 Å². The van der Waals surface area contributed by atoms with Crippen LogP contribution in [-0.4, -0.2) is 47.9 Å². The number of amides is 4. The van der Waals surface area contributed by atoms with Gasteiger partial charge in [-0.3, -0.25) is 19.3 Å². The molecule has 1 aliphatic heterocycles. The lowest BCUT2D eigenvalue weighted by Gasteiger charge is -2.22. The maximum absolute atomic E-state index is 12.8. The summed E-state index contributed by atoms with van der Waals surface area (Å²) in [5.41, 5.74) is 0.418. The summed E-state index contributed by atoms with van der Waals surface area (Å²) in [7, 11) is 0. The number of ether oxygens (including phenoxy) is 1. The first-order valence-electron chi connectivity index (χ1n) is 10.0. The minimum Gasteiger partial charge on any atom is -0.451 e. The zero-order chi connectivity index (χ0) is 22.4. The van der Waals surface area contributed by atoms with Crippen molar-refractivity contribution in [3.05, 3.63) is 71.8 Å². The fraction of sp³-hybridized carbons (Fsp3) is 0.304. The number of esters is 1. The summed E-state index contributed by atoms with van der Waals surface area (Å²) in [6.07, 6.45) is -0.405. The van der Waals surface area contributed by atoms with E-state index in [1.54, 1.807) is 37.3 Å². The molecule has 2 aromatic carbocycles. The molecule has 162 valence electrons. The van der Waals surface area contributed by atoms with E-state index >= 15 is 0 Å². The second-order valence-electron chi connectivity index (χ2n) is 7.47. The molecule has 1 aliphatic rings. The number of hydrogen-bond acceptors (Lipinski definition) is 5. The first-order valence-corrected chi connectivity index (χ1v) is 10.0. The Bertz CT molecular complexity index is 964. The fourth-order valence-corrected chi connectivity index (χ4v) is 3.34. The number of nitrogens with zero attached hydrogens (tertiary/aromatic N) is 1. The van der Waals surface area contributed by atoms with Crippen LogP contribution in [0, 0.1) is 0 Å². The zero-order valence-electron chi connectivity index (χ0n) is 17.5. The zero-order valence-corrected chi connectivity index (χ0v) is 17.5. The Balaban J connectivity index is 1.51. The van der Waals surface area contributed by atoms with Crippen molar-refractivity contribution in [3.63, 3.8) is 0 Å². The smallest absolute Gasteiger partial charge is 0.327 e. The second-order valence-corrected chi connectivity index (χ2v) is 7.47. The third kappa shape index (κ3) is 5.09. The molecule has 2 N–H and O–H groups in total. The Kier molecular flexibility index (Phi) is 6.69. The van der Waals surface area contributed by atoms with Crippen molar-refractivity contribution in [1.29, 1.82) is 0 Å². The van der Waals surface area contributed by atoms with Crippen LogP contribution in [0.2, 0.25) is 0 Å². The average Bonchev–Trinajstić information content (AvgIpc) is 2.99. The maximum Gasteiger partial charge on any atom is 0.327 e. The molecule has 0 bridgehead atoms. The van der Waals surface area contributed by atoms with Crippen molar-refractivity contribution in [1.82, 2.24) is 15.5 Å². The van der Waals surface area contributed by atoms with E-state index in [4.69, 9.17) is 4.74 Å². The number of rotatable bonds is 8. The minimum atomic E-state index is -1.26. The summed E-state index contributed by atoms with van der Waals surface area (Å²) in [5, 5.41) is 5.33. The van der Waals surface area contributed by atoms with Gasteiger partial charge in [0.15, 0.2) is 6.10 Å². The number of nitrogens with one attached hydrogen (secondary N) is 2. The van der Waals surface area contributed by atoms with Crippen molar-refractivity contribution in [2.45, 2.75) is 31.9 Å². The minimum absolute atomic E-state index is 0.396. The highest BCUT2D eigenvalue weighted by molar-refractivity contribution is 6.08. The van der Waals surface area contributed by atoms with Gasteiger partial charge in [-0.1, -0.05) is 60.7 Å². The van der Waals surface area contributed by atoms with Crippen LogP contribution in [-0.2, 0) is 31.1 Å². The normalized spacial score (nSPS) is 19.0. The van der Waals surface area contributed by atoms with Crippen LogP contribution in [0.15, 0.2) is 60.7 Å². The summed E-state index contributed by atoms with van der Waals surface area (Å²) in [4.78, 5) is 50.4. The number of carbonyl (C=O) groups excluding carboxylic acids is 4. The molecular weight excluding hydrogens is 398 g/mol. The lowest BCUT2D eigenvalue weighted by molar-refractivity contribution is -0.156. The van der Waals surface area contributed by atoms with E-state index in [0.29, 0.717) is 18.5 Å². The maximum atomic E-state index is 12.8. The summed E-state index contributed by atoms with van der Waals surface area (Å²) in [5.74, 6) is -1.84. The Morgan fingerprint density at radius 2 is 1.68 bits per heavy atom. The molecular formula is C23H25N3O5. The van der Waals surface area contributed by atoms with Crippen LogP contribution in [0.3, 0.4) is 0 Å². The topological polar surface area (TPSA) is 105 Å². The van der Waals surface area contributed by atoms with Crippen LogP contribution >= 0.6 is 0 Å². The quantitative estimate of drug-likeness (QED) is 0.497. The van der Waals surface area contributed by atoms with Crippen molar-refractivity contribution in [2.24, 2.45) is 0 Å². The van der Waals surface area contributed by atoms with Crippen LogP contribution in [0.4, 0.5) is 4.79 Å². The summed E-state index contributed by atoms with van der Waals surface area (Å²) in [6, 6.07) is 17.7. The van der Waals surface area contributed by atoms with Gasteiger partial charge in [0.1, 0.15) is 12.1 Å². The number of hydrogen-bond donors (Lipinski definition) is 2. The van der Waals surface area contributed by atoms with E-state index in [2.05, 4.69) is 10.6 Å². The number of urea groups is 1. The van der Waals surface area contributed by atoms with Crippen LogP contribution < -0.4 is 10.6 Å². The van der Waals surface area contributed by atoms with Gasteiger partial charge in [-0.2, -0.15) is 0 Å². The van der Waals surface area contributed by atoms with Gasteiger partial charge in [-0.25, -0.2) is 4.79 Å². The Labute approximate surface area is 180 Å². The van der Waals surface area contributed by atoms with Gasteiger partial charge < -0.3 is 15.4 Å². The molecule has 1 fully saturated rings. The largest absolute Gasteiger partial charge is 0.451 e. The number of carbonyl (C=O) groups is 4. The van der Waals surface area contributed by atoms with Crippen molar-refractivity contribution in [2.75, 3.05) is 13.1 Å². The molecule has 0 radical (unpaired) electrons. The van der Waals surface area contributed by atoms with E-state index in [1.807, 2.05) is 30.3 Å². The Morgan fingerprint density at radius 1 is 1.06 bits per heavy atom. The molecule has 0 aliphatic carbocycles. The van der Waals surface area contributed by atoms with Crippen molar-refractivity contribution < 1.29 is 23.9 Å². The van der Waals surface area contributed by atoms with E-state index in [1.165, 1.54) is 6.92 Å². The molecule has 8 heteroatoms. The fourth-order valence-electron chi connectivity index (χ4n) is 3.34. The van der Waals surface area contributed by atoms with E-state index in [0.717, 1.165) is 10.5 Å². The van der Waals surface area contributed by atoms with Crippen LogP contribution in [0.1, 0.15) is 25.0 Å². The van der Waals surface area contributed by atoms with Crippen LogP contribution in [0.5, 0.6) is 0 Å². The standard InChI is InChI=1S/C23H25N3O5/c1-16(20(28)24-14-13-17-9-5-3-6-10-17)31-19(27)15-26-21(29)23(2,25-22(26)30)18-11-7-4-8-12-18/h3-12,16H,13-15H2,1-2H3,(H,24,28)(H,25,30)/t16-,23+/m1/s1. The predicted molar refractivity (Wildman–Crippen MR) is 113 cm³/mol. The molecule has 3 rings (SSSR count). The number of imide groups is 1. The average molecular weight is 423 g/mol. The van der Waals surface area contributed by atoms with Gasteiger partial charge in [-0.05, 0) is 31.4 Å². The summed E-state index contributed by atoms with van der Waals surface area (Å²) in [6.45, 7) is 2.84. The lowest BCUT2D eigenvalue weighted by atomic mass is 9.92. The Hall–Kier alpha value is -3.68. The summed E-state index contributed by atoms with van der Waals surface area (Å²) < 4.78 is 5.12. The number of benzene rings is 2.